The first-order valence-corrected chi connectivity index (χ1v) is 7.93. The van der Waals surface area contributed by atoms with Crippen molar-refractivity contribution in [3.05, 3.63) is 53.6 Å². The highest BCUT2D eigenvalue weighted by molar-refractivity contribution is 6.32. The van der Waals surface area contributed by atoms with E-state index in [1.54, 1.807) is 44.4 Å². The largest absolute Gasteiger partial charge is 0.497 e. The van der Waals surface area contributed by atoms with Gasteiger partial charge in [-0.3, -0.25) is 4.79 Å². The van der Waals surface area contributed by atoms with E-state index in [-0.39, 0.29) is 5.91 Å². The summed E-state index contributed by atoms with van der Waals surface area (Å²) in [5, 5.41) is 3.23. The van der Waals surface area contributed by atoms with Gasteiger partial charge in [0.15, 0.2) is 6.10 Å². The Bertz CT molecular complexity index is 678. The number of benzene rings is 2. The lowest BCUT2D eigenvalue weighted by atomic mass is 10.3. The average Bonchev–Trinajstić information content (AvgIpc) is 2.60. The number of ether oxygens (including phenoxy) is 3. The number of rotatable bonds is 8. The minimum Gasteiger partial charge on any atom is -0.497 e. The molecule has 0 radical (unpaired) electrons. The van der Waals surface area contributed by atoms with Crippen molar-refractivity contribution in [2.24, 2.45) is 0 Å². The molecule has 2 aromatic carbocycles. The molecule has 2 aromatic rings. The van der Waals surface area contributed by atoms with Crippen molar-refractivity contribution in [2.45, 2.75) is 13.0 Å². The second-order valence-corrected chi connectivity index (χ2v) is 5.42. The molecule has 128 valence electrons. The summed E-state index contributed by atoms with van der Waals surface area (Å²) in [6.07, 6.45) is -0.651. The van der Waals surface area contributed by atoms with Gasteiger partial charge in [0.1, 0.15) is 23.9 Å². The Hall–Kier alpha value is -2.40. The van der Waals surface area contributed by atoms with Crippen LogP contribution in [0.25, 0.3) is 0 Å². The third-order valence-electron chi connectivity index (χ3n) is 3.22. The topological polar surface area (TPSA) is 56.8 Å². The van der Waals surface area contributed by atoms with Crippen molar-refractivity contribution in [3.8, 4) is 17.2 Å². The van der Waals surface area contributed by atoms with Crippen molar-refractivity contribution in [1.82, 2.24) is 5.32 Å². The van der Waals surface area contributed by atoms with Crippen LogP contribution in [0.2, 0.25) is 5.02 Å². The monoisotopic (exact) mass is 349 g/mol. The van der Waals surface area contributed by atoms with Gasteiger partial charge in [-0.15, -0.1) is 0 Å². The Labute approximate surface area is 146 Å². The molecular weight excluding hydrogens is 330 g/mol. The van der Waals surface area contributed by atoms with Crippen LogP contribution >= 0.6 is 11.6 Å². The van der Waals surface area contributed by atoms with Crippen LogP contribution in [0.1, 0.15) is 6.92 Å². The highest BCUT2D eigenvalue weighted by Crippen LogP contribution is 2.24. The van der Waals surface area contributed by atoms with E-state index in [1.165, 1.54) is 0 Å². The molecule has 6 heteroatoms. The number of hydrogen-bond acceptors (Lipinski definition) is 4. The predicted molar refractivity (Wildman–Crippen MR) is 93.0 cm³/mol. The van der Waals surface area contributed by atoms with Gasteiger partial charge in [-0.05, 0) is 31.2 Å². The Morgan fingerprint density at radius 3 is 2.67 bits per heavy atom. The SMILES string of the molecule is COc1cccc(OCCNC(=O)[C@@H](C)Oc2ccccc2Cl)c1. The predicted octanol–water partition coefficient (Wildman–Crippen LogP) is 3.31. The highest BCUT2D eigenvalue weighted by Gasteiger charge is 2.15. The van der Waals surface area contributed by atoms with Gasteiger partial charge in [-0.2, -0.15) is 0 Å². The van der Waals surface area contributed by atoms with Crippen LogP contribution in [0.15, 0.2) is 48.5 Å². The fraction of sp³-hybridized carbons (Fsp3) is 0.278. The summed E-state index contributed by atoms with van der Waals surface area (Å²) >= 11 is 6.01. The molecule has 1 N–H and O–H groups in total. The number of para-hydroxylation sites is 1. The molecule has 0 spiro atoms. The summed E-state index contributed by atoms with van der Waals surface area (Å²) in [4.78, 5) is 12.0. The molecular formula is C18H20ClNO4. The molecule has 0 fully saturated rings. The molecule has 2 rings (SSSR count). The molecule has 0 saturated carbocycles. The smallest absolute Gasteiger partial charge is 0.260 e. The van der Waals surface area contributed by atoms with Gasteiger partial charge >= 0.3 is 0 Å². The second kappa shape index (κ2) is 9.03. The van der Waals surface area contributed by atoms with E-state index in [0.717, 1.165) is 5.75 Å². The van der Waals surface area contributed by atoms with Gasteiger partial charge in [0, 0.05) is 6.07 Å². The normalized spacial score (nSPS) is 11.5. The minimum atomic E-state index is -0.651. The minimum absolute atomic E-state index is 0.232. The number of carbonyl (C=O) groups excluding carboxylic acids is 1. The van der Waals surface area contributed by atoms with Crippen molar-refractivity contribution in [1.29, 1.82) is 0 Å². The number of halogens is 1. The van der Waals surface area contributed by atoms with Gasteiger partial charge in [-0.1, -0.05) is 29.8 Å². The van der Waals surface area contributed by atoms with E-state index in [1.807, 2.05) is 18.2 Å². The molecule has 0 aromatic heterocycles. The van der Waals surface area contributed by atoms with Gasteiger partial charge < -0.3 is 19.5 Å². The number of hydrogen-bond donors (Lipinski definition) is 1. The van der Waals surface area contributed by atoms with Gasteiger partial charge in [0.2, 0.25) is 0 Å². The standard InChI is InChI=1S/C18H20ClNO4/c1-13(24-17-9-4-3-8-16(17)19)18(21)20-10-11-23-15-7-5-6-14(12-15)22-2/h3-9,12-13H,10-11H2,1-2H3,(H,20,21)/t13-/m1/s1. The van der Waals surface area contributed by atoms with Crippen molar-refractivity contribution in [3.63, 3.8) is 0 Å². The Morgan fingerprint density at radius 2 is 1.92 bits per heavy atom. The molecule has 24 heavy (non-hydrogen) atoms. The summed E-state index contributed by atoms with van der Waals surface area (Å²) < 4.78 is 16.2. The fourth-order valence-corrected chi connectivity index (χ4v) is 2.14. The third-order valence-corrected chi connectivity index (χ3v) is 3.53. The summed E-state index contributed by atoms with van der Waals surface area (Å²) in [7, 11) is 1.60. The van der Waals surface area contributed by atoms with Gasteiger partial charge in [0.05, 0.1) is 18.7 Å². The maximum Gasteiger partial charge on any atom is 0.260 e. The number of methoxy groups -OCH3 is 1. The van der Waals surface area contributed by atoms with Crippen LogP contribution in [0.5, 0.6) is 17.2 Å². The quantitative estimate of drug-likeness (QED) is 0.743. The number of carbonyl (C=O) groups is 1. The summed E-state index contributed by atoms with van der Waals surface area (Å²) in [6, 6.07) is 14.3. The zero-order valence-electron chi connectivity index (χ0n) is 13.6. The first kappa shape index (κ1) is 17.9. The van der Waals surface area contributed by atoms with E-state index >= 15 is 0 Å². The fourth-order valence-electron chi connectivity index (χ4n) is 1.96. The van der Waals surface area contributed by atoms with E-state index < -0.39 is 6.10 Å². The second-order valence-electron chi connectivity index (χ2n) is 5.01. The Kier molecular flexibility index (Phi) is 6.75. The van der Waals surface area contributed by atoms with E-state index in [2.05, 4.69) is 5.32 Å². The van der Waals surface area contributed by atoms with Crippen LogP contribution in [0.4, 0.5) is 0 Å². The van der Waals surface area contributed by atoms with Crippen LogP contribution in [0, 0.1) is 0 Å². The Balaban J connectivity index is 1.73. The van der Waals surface area contributed by atoms with E-state index in [0.29, 0.717) is 29.7 Å². The van der Waals surface area contributed by atoms with Crippen LogP contribution < -0.4 is 19.5 Å². The lowest BCUT2D eigenvalue weighted by Gasteiger charge is -2.15. The number of amides is 1. The molecule has 1 atom stereocenters. The molecule has 0 aliphatic carbocycles. The molecule has 0 saturated heterocycles. The lowest BCUT2D eigenvalue weighted by Crippen LogP contribution is -2.38. The van der Waals surface area contributed by atoms with Crippen molar-refractivity contribution < 1.29 is 19.0 Å². The molecule has 0 unspecified atom stereocenters. The zero-order chi connectivity index (χ0) is 17.4. The summed E-state index contributed by atoms with van der Waals surface area (Å²) in [5.41, 5.74) is 0. The van der Waals surface area contributed by atoms with Crippen LogP contribution in [-0.4, -0.2) is 32.3 Å². The maximum absolute atomic E-state index is 12.0. The summed E-state index contributed by atoms with van der Waals surface area (Å²) in [6.45, 7) is 2.38. The molecule has 0 bridgehead atoms. The zero-order valence-corrected chi connectivity index (χ0v) is 14.4. The number of nitrogens with one attached hydrogen (secondary N) is 1. The van der Waals surface area contributed by atoms with Gasteiger partial charge in [-0.25, -0.2) is 0 Å². The lowest BCUT2D eigenvalue weighted by molar-refractivity contribution is -0.127. The van der Waals surface area contributed by atoms with Gasteiger partial charge in [0.25, 0.3) is 5.91 Å². The van der Waals surface area contributed by atoms with Crippen molar-refractivity contribution in [2.75, 3.05) is 20.3 Å². The maximum atomic E-state index is 12.0. The molecule has 0 aliphatic rings. The molecule has 5 nitrogen and oxygen atoms in total. The summed E-state index contributed by atoms with van der Waals surface area (Å²) in [5.74, 6) is 1.65. The van der Waals surface area contributed by atoms with E-state index in [4.69, 9.17) is 25.8 Å². The highest BCUT2D eigenvalue weighted by atomic mass is 35.5. The Morgan fingerprint density at radius 1 is 1.17 bits per heavy atom. The average molecular weight is 350 g/mol. The molecule has 1 amide bonds. The van der Waals surface area contributed by atoms with E-state index in [9.17, 15) is 4.79 Å². The van der Waals surface area contributed by atoms with Crippen molar-refractivity contribution >= 4 is 17.5 Å². The first-order valence-electron chi connectivity index (χ1n) is 7.56. The van der Waals surface area contributed by atoms with Crippen LogP contribution in [0.3, 0.4) is 0 Å². The first-order chi connectivity index (χ1) is 11.6. The van der Waals surface area contributed by atoms with Crippen LogP contribution in [-0.2, 0) is 4.79 Å². The molecule has 0 aliphatic heterocycles. The third kappa shape index (κ3) is 5.35. The molecule has 0 heterocycles.